The van der Waals surface area contributed by atoms with Crippen LogP contribution in [0, 0.1) is 11.8 Å². The van der Waals surface area contributed by atoms with Crippen molar-refractivity contribution >= 4 is 17.7 Å². The Morgan fingerprint density at radius 1 is 1.17 bits per heavy atom. The summed E-state index contributed by atoms with van der Waals surface area (Å²) in [6, 6.07) is 3.11. The number of ketones is 1. The summed E-state index contributed by atoms with van der Waals surface area (Å²) in [5, 5.41) is 13.7. The molecule has 9 nitrogen and oxygen atoms in total. The molecule has 0 spiro atoms. The van der Waals surface area contributed by atoms with Gasteiger partial charge in [0, 0.05) is 22.9 Å². The van der Waals surface area contributed by atoms with Gasteiger partial charge in [-0.25, -0.2) is 4.79 Å². The van der Waals surface area contributed by atoms with E-state index in [1.54, 1.807) is 26.0 Å². The van der Waals surface area contributed by atoms with E-state index in [4.69, 9.17) is 18.9 Å². The number of ether oxygens (including phenoxy) is 4. The molecule has 1 aliphatic heterocycles. The predicted molar refractivity (Wildman–Crippen MR) is 127 cm³/mol. The van der Waals surface area contributed by atoms with Gasteiger partial charge >= 0.3 is 11.9 Å². The number of phenols is 1. The second-order valence-corrected chi connectivity index (χ2v) is 8.93. The van der Waals surface area contributed by atoms with Crippen LogP contribution in [0.2, 0.25) is 0 Å². The Hall–Kier alpha value is -3.49. The van der Waals surface area contributed by atoms with Crippen molar-refractivity contribution in [1.82, 2.24) is 5.32 Å². The third-order valence-electron chi connectivity index (χ3n) is 6.68. The van der Waals surface area contributed by atoms with Gasteiger partial charge in [0.15, 0.2) is 17.3 Å². The van der Waals surface area contributed by atoms with E-state index in [2.05, 4.69) is 5.32 Å². The van der Waals surface area contributed by atoms with Crippen molar-refractivity contribution in [3.05, 3.63) is 40.2 Å². The summed E-state index contributed by atoms with van der Waals surface area (Å²) in [5.41, 5.74) is 2.19. The van der Waals surface area contributed by atoms with Gasteiger partial charge in [0.2, 0.25) is 5.75 Å². The molecular weight excluding hydrogens is 454 g/mol. The Bertz CT molecular complexity index is 1080. The molecule has 2 aliphatic rings. The topological polar surface area (TPSA) is 120 Å². The van der Waals surface area contributed by atoms with Crippen LogP contribution in [0.5, 0.6) is 17.2 Å². The summed E-state index contributed by atoms with van der Waals surface area (Å²) in [5.74, 6) is -3.77. The fourth-order valence-corrected chi connectivity index (χ4v) is 4.69. The largest absolute Gasteiger partial charge is 0.502 e. The Labute approximate surface area is 205 Å². The number of Topliss-reactive ketones (excluding diaryl/α,β-unsaturated/α-hetero) is 1. The lowest BCUT2D eigenvalue weighted by Gasteiger charge is -2.38. The quantitative estimate of drug-likeness (QED) is 0.440. The zero-order valence-corrected chi connectivity index (χ0v) is 21.2. The van der Waals surface area contributed by atoms with Gasteiger partial charge in [0.05, 0.1) is 33.0 Å². The molecule has 35 heavy (non-hydrogen) atoms. The number of hydrogen-bond donors (Lipinski definition) is 2. The van der Waals surface area contributed by atoms with Gasteiger partial charge in [-0.15, -0.1) is 0 Å². The first-order valence-corrected chi connectivity index (χ1v) is 11.6. The van der Waals surface area contributed by atoms with E-state index in [0.717, 1.165) is 0 Å². The fraction of sp³-hybridized carbons (Fsp3) is 0.500. The number of methoxy groups -OCH3 is 3. The standard InChI is InChI=1S/C26H33NO8/c1-8-13(3)35-26(31)20-14(4)27-16-9-12(2)19(25(30)34-7)24(29)22(16)21(20)15-10-17(32-5)23(28)18(11-15)33-6/h10-13,19,21,27-28H,8-9H2,1-7H3/t12-,13-,19-,21+/m0/s1. The van der Waals surface area contributed by atoms with Crippen LogP contribution in [0.4, 0.5) is 0 Å². The lowest BCUT2D eigenvalue weighted by molar-refractivity contribution is -0.151. The van der Waals surface area contributed by atoms with E-state index in [1.807, 2.05) is 13.8 Å². The first-order chi connectivity index (χ1) is 16.6. The van der Waals surface area contributed by atoms with Gasteiger partial charge in [0.1, 0.15) is 5.92 Å². The third kappa shape index (κ3) is 4.72. The van der Waals surface area contributed by atoms with Crippen molar-refractivity contribution in [2.45, 2.75) is 52.6 Å². The summed E-state index contributed by atoms with van der Waals surface area (Å²) < 4.78 is 21.2. The minimum Gasteiger partial charge on any atom is -0.502 e. The number of carbonyl (C=O) groups excluding carboxylic acids is 3. The minimum atomic E-state index is -1.01. The number of allylic oxidation sites excluding steroid dienone is 3. The SMILES string of the molecule is CC[C@H](C)OC(=O)C1=C(C)NC2=C(C(=O)[C@@H](C(=O)OC)[C@@H](C)C2)[C@@H]1c1cc(OC)c(O)c(OC)c1. The van der Waals surface area contributed by atoms with Crippen LogP contribution in [-0.2, 0) is 23.9 Å². The van der Waals surface area contributed by atoms with E-state index >= 15 is 0 Å². The van der Waals surface area contributed by atoms with Crippen LogP contribution in [0.1, 0.15) is 52.0 Å². The molecule has 3 rings (SSSR count). The average molecular weight is 488 g/mol. The van der Waals surface area contributed by atoms with Crippen molar-refractivity contribution in [3.8, 4) is 17.2 Å². The van der Waals surface area contributed by atoms with Crippen molar-refractivity contribution in [3.63, 3.8) is 0 Å². The van der Waals surface area contributed by atoms with Crippen molar-refractivity contribution < 1.29 is 38.4 Å². The summed E-state index contributed by atoms with van der Waals surface area (Å²) in [7, 11) is 4.04. The van der Waals surface area contributed by atoms with E-state index in [9.17, 15) is 19.5 Å². The molecular formula is C26H33NO8. The molecule has 0 amide bonds. The van der Waals surface area contributed by atoms with Gasteiger partial charge in [0.25, 0.3) is 0 Å². The van der Waals surface area contributed by atoms with Crippen LogP contribution in [0.25, 0.3) is 0 Å². The van der Waals surface area contributed by atoms with E-state index < -0.39 is 29.6 Å². The Balaban J connectivity index is 2.27. The molecule has 2 N–H and O–H groups in total. The summed E-state index contributed by atoms with van der Waals surface area (Å²) in [4.78, 5) is 39.7. The zero-order valence-electron chi connectivity index (χ0n) is 21.2. The highest BCUT2D eigenvalue weighted by Crippen LogP contribution is 2.48. The molecule has 0 saturated heterocycles. The lowest BCUT2D eigenvalue weighted by Crippen LogP contribution is -2.43. The number of nitrogens with one attached hydrogen (secondary N) is 1. The van der Waals surface area contributed by atoms with Crippen LogP contribution < -0.4 is 14.8 Å². The van der Waals surface area contributed by atoms with Gasteiger partial charge < -0.3 is 29.4 Å². The first-order valence-electron chi connectivity index (χ1n) is 11.6. The normalized spacial score (nSPS) is 22.7. The molecule has 0 aromatic heterocycles. The minimum absolute atomic E-state index is 0.119. The second kappa shape index (κ2) is 10.4. The molecule has 1 aliphatic carbocycles. The maximum absolute atomic E-state index is 13.8. The summed E-state index contributed by atoms with van der Waals surface area (Å²) in [6.45, 7) is 7.26. The Morgan fingerprint density at radius 2 is 1.77 bits per heavy atom. The highest BCUT2D eigenvalue weighted by molar-refractivity contribution is 6.12. The van der Waals surface area contributed by atoms with Crippen LogP contribution >= 0.6 is 0 Å². The van der Waals surface area contributed by atoms with Crippen molar-refractivity contribution in [1.29, 1.82) is 0 Å². The maximum Gasteiger partial charge on any atom is 0.337 e. The van der Waals surface area contributed by atoms with Gasteiger partial charge in [-0.3, -0.25) is 9.59 Å². The molecule has 190 valence electrons. The molecule has 1 aromatic carbocycles. The van der Waals surface area contributed by atoms with Gasteiger partial charge in [-0.1, -0.05) is 13.8 Å². The highest BCUT2D eigenvalue weighted by Gasteiger charge is 2.47. The van der Waals surface area contributed by atoms with Crippen LogP contribution in [0.3, 0.4) is 0 Å². The summed E-state index contributed by atoms with van der Waals surface area (Å²) >= 11 is 0. The Kier molecular flexibility index (Phi) is 7.77. The average Bonchev–Trinajstić information content (AvgIpc) is 2.82. The number of carbonyl (C=O) groups is 3. The zero-order chi connectivity index (χ0) is 26.0. The maximum atomic E-state index is 13.8. The number of hydrogen-bond acceptors (Lipinski definition) is 9. The monoisotopic (exact) mass is 487 g/mol. The molecule has 1 heterocycles. The number of dihydropyridines is 1. The number of esters is 2. The van der Waals surface area contributed by atoms with Crippen molar-refractivity contribution in [2.24, 2.45) is 11.8 Å². The molecule has 9 heteroatoms. The Morgan fingerprint density at radius 3 is 2.29 bits per heavy atom. The molecule has 0 bridgehead atoms. The number of rotatable bonds is 7. The van der Waals surface area contributed by atoms with Crippen LogP contribution in [0.15, 0.2) is 34.7 Å². The predicted octanol–water partition coefficient (Wildman–Crippen LogP) is 3.36. The number of benzene rings is 1. The molecule has 0 radical (unpaired) electrons. The molecule has 0 fully saturated rings. The third-order valence-corrected chi connectivity index (χ3v) is 6.68. The van der Waals surface area contributed by atoms with E-state index in [1.165, 1.54) is 21.3 Å². The molecule has 4 atom stereocenters. The van der Waals surface area contributed by atoms with E-state index in [-0.39, 0.29) is 40.4 Å². The van der Waals surface area contributed by atoms with Crippen molar-refractivity contribution in [2.75, 3.05) is 21.3 Å². The van der Waals surface area contributed by atoms with Crippen LogP contribution in [-0.4, -0.2) is 50.3 Å². The highest BCUT2D eigenvalue weighted by atomic mass is 16.5. The molecule has 0 saturated carbocycles. The lowest BCUT2D eigenvalue weighted by atomic mass is 9.69. The fourth-order valence-electron chi connectivity index (χ4n) is 4.69. The van der Waals surface area contributed by atoms with E-state index in [0.29, 0.717) is 29.8 Å². The number of aromatic hydroxyl groups is 1. The number of phenolic OH excluding ortho intramolecular Hbond substituents is 1. The van der Waals surface area contributed by atoms with Gasteiger partial charge in [-0.2, -0.15) is 0 Å². The second-order valence-electron chi connectivity index (χ2n) is 8.93. The smallest absolute Gasteiger partial charge is 0.337 e. The molecule has 1 aromatic rings. The van der Waals surface area contributed by atoms with Gasteiger partial charge in [-0.05, 0) is 50.3 Å². The molecule has 0 unspecified atom stereocenters. The summed E-state index contributed by atoms with van der Waals surface area (Å²) in [6.07, 6.45) is 0.688. The first kappa shape index (κ1) is 26.1.